The van der Waals surface area contributed by atoms with Crippen molar-refractivity contribution in [1.82, 2.24) is 15.0 Å². The monoisotopic (exact) mass is 403 g/mol. The molecule has 0 radical (unpaired) electrons. The molecule has 0 aliphatic carbocycles. The molecule has 0 saturated carbocycles. The normalized spacial score (nSPS) is 14.2. The molecule has 8 nitrogen and oxygen atoms in total. The van der Waals surface area contributed by atoms with Crippen LogP contribution in [0.3, 0.4) is 0 Å². The van der Waals surface area contributed by atoms with E-state index in [0.29, 0.717) is 35.6 Å². The van der Waals surface area contributed by atoms with Gasteiger partial charge in [-0.25, -0.2) is 23.7 Å². The third-order valence-electron chi connectivity index (χ3n) is 4.86. The maximum Gasteiger partial charge on any atom is 0.179 e. The lowest BCUT2D eigenvalue weighted by Gasteiger charge is -2.39. The highest BCUT2D eigenvalue weighted by Crippen LogP contribution is 2.38. The summed E-state index contributed by atoms with van der Waals surface area (Å²) in [5, 5.41) is 0.631. The van der Waals surface area contributed by atoms with Gasteiger partial charge in [0.25, 0.3) is 0 Å². The fraction of sp³-hybridized carbons (Fsp3) is 0.316. The van der Waals surface area contributed by atoms with E-state index in [-0.39, 0.29) is 23.4 Å². The van der Waals surface area contributed by atoms with Crippen LogP contribution in [0.2, 0.25) is 0 Å². The number of pyridine rings is 1. The van der Waals surface area contributed by atoms with E-state index in [4.69, 9.17) is 19.9 Å². The van der Waals surface area contributed by atoms with Crippen LogP contribution in [-0.2, 0) is 4.74 Å². The van der Waals surface area contributed by atoms with Crippen molar-refractivity contribution in [2.75, 3.05) is 45.1 Å². The van der Waals surface area contributed by atoms with Crippen molar-refractivity contribution in [2.24, 2.45) is 0 Å². The minimum absolute atomic E-state index is 0.0491. The van der Waals surface area contributed by atoms with Gasteiger partial charge in [-0.3, -0.25) is 0 Å². The highest BCUT2D eigenvalue weighted by molar-refractivity contribution is 5.92. The summed E-state index contributed by atoms with van der Waals surface area (Å²) in [4.78, 5) is 14.7. The van der Waals surface area contributed by atoms with Crippen molar-refractivity contribution in [3.05, 3.63) is 30.0 Å². The molecule has 10 heteroatoms. The molecule has 1 aliphatic heterocycles. The number of aromatic nitrogens is 3. The topological polar surface area (TPSA) is 95.6 Å². The predicted molar refractivity (Wildman–Crippen MR) is 103 cm³/mol. The van der Waals surface area contributed by atoms with E-state index in [9.17, 15) is 8.78 Å². The number of anilines is 2. The maximum atomic E-state index is 15.0. The number of hydrogen-bond donors (Lipinski definition) is 1. The molecule has 4 rings (SSSR count). The lowest BCUT2D eigenvalue weighted by molar-refractivity contribution is 0.0785. The van der Waals surface area contributed by atoms with Crippen LogP contribution in [-0.4, -0.2) is 55.5 Å². The molecule has 3 aromatic rings. The first-order valence-electron chi connectivity index (χ1n) is 8.78. The minimum atomic E-state index is -0.919. The van der Waals surface area contributed by atoms with Gasteiger partial charge in [-0.15, -0.1) is 0 Å². The Bertz CT molecular complexity index is 1060. The van der Waals surface area contributed by atoms with Crippen LogP contribution in [0.15, 0.2) is 18.3 Å². The average Bonchev–Trinajstić information content (AvgIpc) is 2.68. The Balaban J connectivity index is 1.95. The molecule has 2 aromatic heterocycles. The number of ether oxygens (including phenoxy) is 3. The van der Waals surface area contributed by atoms with E-state index < -0.39 is 17.2 Å². The van der Waals surface area contributed by atoms with Crippen LogP contribution in [0.25, 0.3) is 22.3 Å². The zero-order valence-corrected chi connectivity index (χ0v) is 16.1. The van der Waals surface area contributed by atoms with Gasteiger partial charge in [0.2, 0.25) is 0 Å². The van der Waals surface area contributed by atoms with Crippen LogP contribution < -0.4 is 20.1 Å². The molecule has 2 N–H and O–H groups in total. The van der Waals surface area contributed by atoms with E-state index >= 15 is 0 Å². The molecule has 3 heterocycles. The number of nitrogen functional groups attached to an aromatic ring is 1. The molecule has 1 fully saturated rings. The van der Waals surface area contributed by atoms with Crippen molar-refractivity contribution in [3.8, 4) is 22.9 Å². The molecule has 0 spiro atoms. The van der Waals surface area contributed by atoms with Gasteiger partial charge in [0.15, 0.2) is 29.0 Å². The van der Waals surface area contributed by atoms with Crippen molar-refractivity contribution >= 4 is 22.5 Å². The summed E-state index contributed by atoms with van der Waals surface area (Å²) in [5.41, 5.74) is 5.78. The zero-order valence-electron chi connectivity index (χ0n) is 16.1. The van der Waals surface area contributed by atoms with Gasteiger partial charge >= 0.3 is 0 Å². The van der Waals surface area contributed by atoms with E-state index in [2.05, 4.69) is 15.0 Å². The lowest BCUT2D eigenvalue weighted by Crippen LogP contribution is -2.52. The molecule has 1 saturated heterocycles. The molecular weight excluding hydrogens is 384 g/mol. The fourth-order valence-corrected chi connectivity index (χ4v) is 3.23. The highest BCUT2D eigenvalue weighted by Gasteiger charge is 2.31. The van der Waals surface area contributed by atoms with Gasteiger partial charge in [0.1, 0.15) is 11.6 Å². The SMILES string of the molecule is COc1cc(OC)c(F)c(-c2nc(N3CC(OC)C3)c3cc(N)ncc3n2)c1F. The first kappa shape index (κ1) is 19.1. The van der Waals surface area contributed by atoms with Crippen molar-refractivity contribution in [1.29, 1.82) is 0 Å². The predicted octanol–water partition coefficient (Wildman–Crippen LogP) is 2.40. The highest BCUT2D eigenvalue weighted by atomic mass is 19.1. The van der Waals surface area contributed by atoms with E-state index in [0.717, 1.165) is 6.07 Å². The molecule has 1 aromatic carbocycles. The number of methoxy groups -OCH3 is 3. The Hall–Kier alpha value is -3.27. The molecular formula is C19H19F2N5O3. The van der Waals surface area contributed by atoms with Crippen molar-refractivity contribution < 1.29 is 23.0 Å². The third kappa shape index (κ3) is 3.15. The number of benzene rings is 1. The largest absolute Gasteiger partial charge is 0.494 e. The van der Waals surface area contributed by atoms with Crippen LogP contribution in [0, 0.1) is 11.6 Å². The van der Waals surface area contributed by atoms with Gasteiger partial charge in [-0.2, -0.15) is 0 Å². The summed E-state index contributed by atoms with van der Waals surface area (Å²) in [6.07, 6.45) is 1.49. The summed E-state index contributed by atoms with van der Waals surface area (Å²) in [6.45, 7) is 1.16. The summed E-state index contributed by atoms with van der Waals surface area (Å²) < 4.78 is 45.3. The second kappa shape index (κ2) is 7.28. The molecule has 0 amide bonds. The third-order valence-corrected chi connectivity index (χ3v) is 4.86. The Morgan fingerprint density at radius 3 is 2.28 bits per heavy atom. The molecule has 0 atom stereocenters. The second-order valence-electron chi connectivity index (χ2n) is 6.54. The van der Waals surface area contributed by atoms with Gasteiger partial charge in [-0.05, 0) is 6.07 Å². The van der Waals surface area contributed by atoms with Crippen LogP contribution in [0.4, 0.5) is 20.4 Å². The van der Waals surface area contributed by atoms with E-state index in [1.165, 1.54) is 20.4 Å². The van der Waals surface area contributed by atoms with Gasteiger partial charge in [0.05, 0.1) is 37.6 Å². The van der Waals surface area contributed by atoms with Crippen LogP contribution in [0.1, 0.15) is 0 Å². The fourth-order valence-electron chi connectivity index (χ4n) is 3.23. The average molecular weight is 403 g/mol. The van der Waals surface area contributed by atoms with E-state index in [1.807, 2.05) is 4.90 Å². The van der Waals surface area contributed by atoms with Gasteiger partial charge in [0, 0.05) is 31.7 Å². The molecule has 0 unspecified atom stereocenters. The Morgan fingerprint density at radius 2 is 1.69 bits per heavy atom. The summed E-state index contributed by atoms with van der Waals surface area (Å²) >= 11 is 0. The second-order valence-corrected chi connectivity index (χ2v) is 6.54. The van der Waals surface area contributed by atoms with Gasteiger partial charge < -0.3 is 24.8 Å². The first-order chi connectivity index (χ1) is 14.0. The number of halogens is 2. The van der Waals surface area contributed by atoms with Crippen molar-refractivity contribution in [2.45, 2.75) is 6.10 Å². The van der Waals surface area contributed by atoms with E-state index in [1.54, 1.807) is 13.2 Å². The number of hydrogen-bond acceptors (Lipinski definition) is 8. The zero-order chi connectivity index (χ0) is 20.7. The maximum absolute atomic E-state index is 15.0. The minimum Gasteiger partial charge on any atom is -0.494 e. The summed E-state index contributed by atoms with van der Waals surface area (Å²) in [6, 6.07) is 2.77. The molecule has 29 heavy (non-hydrogen) atoms. The number of nitrogens with zero attached hydrogens (tertiary/aromatic N) is 4. The number of rotatable bonds is 5. The van der Waals surface area contributed by atoms with Gasteiger partial charge in [-0.1, -0.05) is 0 Å². The Kier molecular flexibility index (Phi) is 4.79. The van der Waals surface area contributed by atoms with Crippen molar-refractivity contribution in [3.63, 3.8) is 0 Å². The van der Waals surface area contributed by atoms with Crippen LogP contribution in [0.5, 0.6) is 11.5 Å². The Labute approximate surface area is 165 Å². The summed E-state index contributed by atoms with van der Waals surface area (Å²) in [5.74, 6) is -1.56. The Morgan fingerprint density at radius 1 is 1.03 bits per heavy atom. The smallest absolute Gasteiger partial charge is 0.179 e. The standard InChI is InChI=1S/C19H19F2N5O3/c1-27-9-7-26(8-9)19-10-4-14(22)23-6-11(10)24-18(25-19)15-16(20)12(28-2)5-13(29-3)17(15)21/h4-6,9H,7-8H2,1-3H3,(H2,22,23). The number of nitrogens with two attached hydrogens (primary N) is 1. The molecule has 0 bridgehead atoms. The van der Waals surface area contributed by atoms with Crippen LogP contribution >= 0.6 is 0 Å². The summed E-state index contributed by atoms with van der Waals surface area (Å²) in [7, 11) is 4.19. The number of fused-ring (bicyclic) bond motifs is 1. The molecule has 1 aliphatic rings. The molecule has 152 valence electrons. The first-order valence-corrected chi connectivity index (χ1v) is 8.78. The quantitative estimate of drug-likeness (QED) is 0.694. The lowest BCUT2D eigenvalue weighted by atomic mass is 10.1.